The van der Waals surface area contributed by atoms with Gasteiger partial charge in [0.2, 0.25) is 11.8 Å². The minimum atomic E-state index is -0.213. The molecule has 1 aromatic carbocycles. The third-order valence-corrected chi connectivity index (χ3v) is 5.63. The highest BCUT2D eigenvalue weighted by Crippen LogP contribution is 2.27. The molecule has 1 atom stereocenters. The first-order valence-corrected chi connectivity index (χ1v) is 9.33. The average Bonchev–Trinajstić information content (AvgIpc) is 2.94. The second-order valence-corrected chi connectivity index (χ2v) is 7.06. The van der Waals surface area contributed by atoms with E-state index in [1.165, 1.54) is 16.9 Å². The molecule has 2 amide bonds. The summed E-state index contributed by atoms with van der Waals surface area (Å²) < 4.78 is 5.20. The third-order valence-electron chi connectivity index (χ3n) is 5.63. The maximum absolute atomic E-state index is 12.3. The number of aryl methyl sites for hydroxylation is 1. The highest BCUT2D eigenvalue weighted by Gasteiger charge is 2.41. The van der Waals surface area contributed by atoms with E-state index in [0.717, 1.165) is 38.1 Å². The molecule has 2 fully saturated rings. The summed E-state index contributed by atoms with van der Waals surface area (Å²) in [6, 6.07) is 8.09. The number of methoxy groups -OCH3 is 1. The van der Waals surface area contributed by atoms with Crippen molar-refractivity contribution in [2.24, 2.45) is 5.92 Å². The van der Waals surface area contributed by atoms with Gasteiger partial charge in [-0.25, -0.2) is 0 Å². The van der Waals surface area contributed by atoms with Crippen molar-refractivity contribution < 1.29 is 14.3 Å². The summed E-state index contributed by atoms with van der Waals surface area (Å²) in [6.45, 7) is 4.21. The first kappa shape index (κ1) is 17.9. The molecule has 0 unspecified atom stereocenters. The molecule has 0 aliphatic carbocycles. The number of ether oxygens (including phenoxy) is 1. The van der Waals surface area contributed by atoms with Gasteiger partial charge < -0.3 is 4.74 Å². The fraction of sp³-hybridized carbons (Fsp3) is 0.600. The molecule has 2 aliphatic heterocycles. The van der Waals surface area contributed by atoms with Crippen LogP contribution in [0.15, 0.2) is 24.3 Å². The summed E-state index contributed by atoms with van der Waals surface area (Å²) in [6.07, 6.45) is 4.85. The van der Waals surface area contributed by atoms with Gasteiger partial charge in [0.15, 0.2) is 0 Å². The number of benzene rings is 1. The van der Waals surface area contributed by atoms with E-state index in [-0.39, 0.29) is 17.9 Å². The van der Waals surface area contributed by atoms with Crippen molar-refractivity contribution in [3.05, 3.63) is 29.8 Å². The number of rotatable bonds is 6. The lowest BCUT2D eigenvalue weighted by Gasteiger charge is -2.34. The Morgan fingerprint density at radius 2 is 1.80 bits per heavy atom. The van der Waals surface area contributed by atoms with Crippen LogP contribution in [-0.2, 0) is 16.0 Å². The number of imide groups is 1. The van der Waals surface area contributed by atoms with Crippen molar-refractivity contribution in [2.45, 2.75) is 45.1 Å². The number of likely N-dealkylation sites (N-methyl/N-ethyl adjacent to an activating group) is 1. The molecule has 0 aromatic heterocycles. The van der Waals surface area contributed by atoms with Gasteiger partial charge in [-0.1, -0.05) is 12.1 Å². The van der Waals surface area contributed by atoms with Crippen LogP contribution in [0.2, 0.25) is 0 Å². The summed E-state index contributed by atoms with van der Waals surface area (Å²) >= 11 is 0. The summed E-state index contributed by atoms with van der Waals surface area (Å²) in [5, 5.41) is 0. The number of carbonyl (C=O) groups excluding carboxylic acids is 2. The standard InChI is InChI=1S/C20H28N2O3/c1-3-22-19(23)14-18(20(22)24)21-12-10-16(11-13-21)5-4-15-6-8-17(25-2)9-7-15/h6-9,16,18H,3-5,10-14H2,1-2H3/t18-/m0/s1. The van der Waals surface area contributed by atoms with Gasteiger partial charge in [0.05, 0.1) is 19.6 Å². The maximum atomic E-state index is 12.3. The van der Waals surface area contributed by atoms with Crippen LogP contribution in [-0.4, -0.2) is 54.4 Å². The third kappa shape index (κ3) is 4.03. The molecule has 0 bridgehead atoms. The molecule has 0 N–H and O–H groups in total. The molecule has 3 rings (SSSR count). The van der Waals surface area contributed by atoms with E-state index in [0.29, 0.717) is 18.9 Å². The smallest absolute Gasteiger partial charge is 0.247 e. The second-order valence-electron chi connectivity index (χ2n) is 7.06. The van der Waals surface area contributed by atoms with E-state index >= 15 is 0 Å². The van der Waals surface area contributed by atoms with Gasteiger partial charge in [-0.05, 0) is 69.3 Å². The number of piperidine rings is 1. The minimum absolute atomic E-state index is 0.00387. The van der Waals surface area contributed by atoms with Crippen molar-refractivity contribution in [2.75, 3.05) is 26.7 Å². The Balaban J connectivity index is 1.45. The van der Waals surface area contributed by atoms with Crippen LogP contribution < -0.4 is 4.74 Å². The van der Waals surface area contributed by atoms with Crippen LogP contribution in [0, 0.1) is 5.92 Å². The molecule has 2 heterocycles. The van der Waals surface area contributed by atoms with Gasteiger partial charge in [0.1, 0.15) is 5.75 Å². The summed E-state index contributed by atoms with van der Waals surface area (Å²) in [7, 11) is 1.69. The van der Waals surface area contributed by atoms with E-state index in [1.807, 2.05) is 19.1 Å². The fourth-order valence-corrected chi connectivity index (χ4v) is 4.00. The predicted octanol–water partition coefficient (Wildman–Crippen LogP) is 2.49. The summed E-state index contributed by atoms with van der Waals surface area (Å²) in [5.74, 6) is 1.59. The Hall–Kier alpha value is -1.88. The second kappa shape index (κ2) is 8.00. The van der Waals surface area contributed by atoms with Gasteiger partial charge in [-0.2, -0.15) is 0 Å². The molecule has 1 aromatic rings. The molecule has 25 heavy (non-hydrogen) atoms. The van der Waals surface area contributed by atoms with Crippen molar-refractivity contribution >= 4 is 11.8 Å². The zero-order valence-electron chi connectivity index (χ0n) is 15.2. The van der Waals surface area contributed by atoms with Gasteiger partial charge in [-0.3, -0.25) is 19.4 Å². The number of amides is 2. The molecule has 2 saturated heterocycles. The van der Waals surface area contributed by atoms with Crippen molar-refractivity contribution in [3.8, 4) is 5.75 Å². The predicted molar refractivity (Wildman–Crippen MR) is 96.4 cm³/mol. The van der Waals surface area contributed by atoms with E-state index in [2.05, 4.69) is 17.0 Å². The number of nitrogens with zero attached hydrogens (tertiary/aromatic N) is 2. The lowest BCUT2D eigenvalue weighted by Crippen LogP contribution is -2.45. The average molecular weight is 344 g/mol. The molecule has 0 saturated carbocycles. The van der Waals surface area contributed by atoms with Crippen LogP contribution in [0.5, 0.6) is 5.75 Å². The molecule has 0 spiro atoms. The number of hydrogen-bond acceptors (Lipinski definition) is 4. The highest BCUT2D eigenvalue weighted by molar-refractivity contribution is 6.05. The molecule has 2 aliphatic rings. The number of carbonyl (C=O) groups is 2. The molecule has 136 valence electrons. The minimum Gasteiger partial charge on any atom is -0.497 e. The number of likely N-dealkylation sites (tertiary alicyclic amines) is 2. The van der Waals surface area contributed by atoms with E-state index in [1.54, 1.807) is 7.11 Å². The zero-order chi connectivity index (χ0) is 17.8. The quantitative estimate of drug-likeness (QED) is 0.744. The Morgan fingerprint density at radius 1 is 1.12 bits per heavy atom. The van der Waals surface area contributed by atoms with E-state index < -0.39 is 0 Å². The Morgan fingerprint density at radius 3 is 2.36 bits per heavy atom. The Kier molecular flexibility index (Phi) is 5.74. The summed E-state index contributed by atoms with van der Waals surface area (Å²) in [4.78, 5) is 27.9. The van der Waals surface area contributed by atoms with Gasteiger partial charge in [-0.15, -0.1) is 0 Å². The molecule has 5 heteroatoms. The van der Waals surface area contributed by atoms with Gasteiger partial charge in [0.25, 0.3) is 0 Å². The van der Waals surface area contributed by atoms with Crippen LogP contribution >= 0.6 is 0 Å². The molecule has 5 nitrogen and oxygen atoms in total. The zero-order valence-corrected chi connectivity index (χ0v) is 15.2. The monoisotopic (exact) mass is 344 g/mol. The highest BCUT2D eigenvalue weighted by atomic mass is 16.5. The van der Waals surface area contributed by atoms with Crippen molar-refractivity contribution in [1.29, 1.82) is 0 Å². The molecule has 0 radical (unpaired) electrons. The van der Waals surface area contributed by atoms with Crippen LogP contribution in [0.1, 0.15) is 38.2 Å². The largest absolute Gasteiger partial charge is 0.497 e. The lowest BCUT2D eigenvalue weighted by molar-refractivity contribution is -0.139. The van der Waals surface area contributed by atoms with Gasteiger partial charge >= 0.3 is 0 Å². The van der Waals surface area contributed by atoms with Crippen molar-refractivity contribution in [3.63, 3.8) is 0 Å². The van der Waals surface area contributed by atoms with E-state index in [4.69, 9.17) is 4.74 Å². The maximum Gasteiger partial charge on any atom is 0.247 e. The SMILES string of the molecule is CCN1C(=O)C[C@H](N2CCC(CCc3ccc(OC)cc3)CC2)C1=O. The Bertz CT molecular complexity index is 606. The number of hydrogen-bond donors (Lipinski definition) is 0. The topological polar surface area (TPSA) is 49.9 Å². The normalized spacial score (nSPS) is 22.6. The molecular weight excluding hydrogens is 316 g/mol. The fourth-order valence-electron chi connectivity index (χ4n) is 4.00. The van der Waals surface area contributed by atoms with Crippen LogP contribution in [0.3, 0.4) is 0 Å². The molecular formula is C20H28N2O3. The van der Waals surface area contributed by atoms with E-state index in [9.17, 15) is 9.59 Å². The lowest BCUT2D eigenvalue weighted by atomic mass is 9.90. The van der Waals surface area contributed by atoms with Crippen LogP contribution in [0.4, 0.5) is 0 Å². The van der Waals surface area contributed by atoms with Crippen molar-refractivity contribution in [1.82, 2.24) is 9.80 Å². The first-order chi connectivity index (χ1) is 12.1. The summed E-state index contributed by atoms with van der Waals surface area (Å²) in [5.41, 5.74) is 1.35. The Labute approximate surface area is 149 Å². The van der Waals surface area contributed by atoms with Gasteiger partial charge in [0, 0.05) is 6.54 Å². The van der Waals surface area contributed by atoms with Crippen LogP contribution in [0.25, 0.3) is 0 Å². The first-order valence-electron chi connectivity index (χ1n) is 9.33.